The number of aliphatic hydroxyl groups is 1. The summed E-state index contributed by atoms with van der Waals surface area (Å²) in [7, 11) is -0.179. The van der Waals surface area contributed by atoms with Gasteiger partial charge in [-0.3, -0.25) is 0 Å². The van der Waals surface area contributed by atoms with Gasteiger partial charge in [-0.25, -0.2) is 0 Å². The lowest BCUT2D eigenvalue weighted by molar-refractivity contribution is 0.00578. The van der Waals surface area contributed by atoms with Gasteiger partial charge in [-0.1, -0.05) is 36.4 Å². The monoisotopic (exact) mass is 288 g/mol. The zero-order chi connectivity index (χ0) is 15.5. The lowest BCUT2D eigenvalue weighted by Crippen LogP contribution is -2.41. The van der Waals surface area contributed by atoms with Gasteiger partial charge in [-0.2, -0.15) is 0 Å². The number of allylic oxidation sites excluding steroid dienone is 1. The molecule has 21 heavy (non-hydrogen) atoms. The Morgan fingerprint density at radius 2 is 1.67 bits per heavy atom. The summed E-state index contributed by atoms with van der Waals surface area (Å²) in [5.74, 6) is 0. The van der Waals surface area contributed by atoms with Gasteiger partial charge >= 0.3 is 7.12 Å². The maximum absolute atomic E-state index is 9.51. The molecule has 4 heteroatoms. The lowest BCUT2D eigenvalue weighted by atomic mass is 9.82. The Balaban J connectivity index is 1.93. The molecule has 1 saturated heterocycles. The summed E-state index contributed by atoms with van der Waals surface area (Å²) in [6.45, 7) is 8.29. The number of rotatable bonds is 5. The summed E-state index contributed by atoms with van der Waals surface area (Å²) >= 11 is 0. The smallest absolute Gasteiger partial charge is 0.403 e. The van der Waals surface area contributed by atoms with Gasteiger partial charge in [0.1, 0.15) is 0 Å². The predicted molar refractivity (Wildman–Crippen MR) is 87.0 cm³/mol. The summed E-state index contributed by atoms with van der Waals surface area (Å²) in [5, 5.41) is 9.51. The molecule has 0 bridgehead atoms. The molecule has 0 unspecified atom stereocenters. The van der Waals surface area contributed by atoms with Crippen molar-refractivity contribution >= 4 is 12.7 Å². The number of hydrogen-bond acceptors (Lipinski definition) is 3. The zero-order valence-corrected chi connectivity index (χ0v) is 13.4. The van der Waals surface area contributed by atoms with Crippen molar-refractivity contribution in [3.8, 4) is 0 Å². The predicted octanol–water partition coefficient (Wildman–Crippen LogP) is 3.54. The first-order valence-corrected chi connectivity index (χ1v) is 7.57. The van der Waals surface area contributed by atoms with Crippen LogP contribution in [0.25, 0.3) is 5.57 Å². The van der Waals surface area contributed by atoms with Crippen LogP contribution < -0.4 is 0 Å². The van der Waals surface area contributed by atoms with E-state index in [1.165, 1.54) is 0 Å². The maximum atomic E-state index is 9.51. The molecule has 0 atom stereocenters. The zero-order valence-electron chi connectivity index (χ0n) is 13.4. The van der Waals surface area contributed by atoms with E-state index in [0.717, 1.165) is 23.9 Å². The molecule has 0 radical (unpaired) electrons. The molecule has 1 aromatic rings. The topological polar surface area (TPSA) is 38.7 Å². The summed E-state index contributed by atoms with van der Waals surface area (Å²) in [6.07, 6.45) is 3.69. The van der Waals surface area contributed by atoms with Crippen molar-refractivity contribution in [3.05, 3.63) is 42.0 Å². The highest BCUT2D eigenvalue weighted by Crippen LogP contribution is 2.38. The van der Waals surface area contributed by atoms with E-state index in [0.29, 0.717) is 0 Å². The molecule has 0 aromatic heterocycles. The van der Waals surface area contributed by atoms with E-state index in [9.17, 15) is 5.11 Å². The standard InChI is InChI=1S/C17H25BO3/c1-16(2)17(3,4)21-18(20-16)12-8-11-15(13-19)14-9-6-5-7-10-14/h5-7,9-11,19H,8,12-13H2,1-4H3/b15-11-. The van der Waals surface area contributed by atoms with Crippen LogP contribution in [0.5, 0.6) is 0 Å². The minimum atomic E-state index is -0.277. The van der Waals surface area contributed by atoms with E-state index in [1.54, 1.807) is 0 Å². The highest BCUT2D eigenvalue weighted by molar-refractivity contribution is 6.45. The highest BCUT2D eigenvalue weighted by atomic mass is 16.7. The van der Waals surface area contributed by atoms with Gasteiger partial charge in [-0.05, 0) is 51.6 Å². The quantitative estimate of drug-likeness (QED) is 0.842. The molecule has 0 spiro atoms. The second-order valence-electron chi connectivity index (χ2n) is 6.52. The minimum absolute atomic E-state index is 0.0490. The van der Waals surface area contributed by atoms with E-state index < -0.39 is 0 Å². The minimum Gasteiger partial charge on any atom is -0.403 e. The number of hydrogen-bond donors (Lipinski definition) is 1. The third kappa shape index (κ3) is 3.76. The van der Waals surface area contributed by atoms with Gasteiger partial charge in [0.15, 0.2) is 0 Å². The fourth-order valence-corrected chi connectivity index (χ4v) is 2.40. The van der Waals surface area contributed by atoms with Gasteiger partial charge < -0.3 is 14.4 Å². The average Bonchev–Trinajstić information content (AvgIpc) is 2.64. The highest BCUT2D eigenvalue weighted by Gasteiger charge is 2.50. The molecule has 0 saturated carbocycles. The molecule has 1 N–H and O–H groups in total. The Morgan fingerprint density at radius 3 is 2.19 bits per heavy atom. The van der Waals surface area contributed by atoms with Crippen molar-refractivity contribution in [3.63, 3.8) is 0 Å². The first-order chi connectivity index (χ1) is 9.86. The second kappa shape index (κ2) is 6.35. The van der Waals surface area contributed by atoms with Gasteiger partial charge in [0.25, 0.3) is 0 Å². The summed E-state index contributed by atoms with van der Waals surface area (Å²) in [4.78, 5) is 0. The van der Waals surface area contributed by atoms with Crippen LogP contribution in [0.4, 0.5) is 0 Å². The van der Waals surface area contributed by atoms with Crippen molar-refractivity contribution in [2.75, 3.05) is 6.61 Å². The van der Waals surface area contributed by atoms with E-state index >= 15 is 0 Å². The van der Waals surface area contributed by atoms with Crippen LogP contribution in [0.2, 0.25) is 6.32 Å². The van der Waals surface area contributed by atoms with Crippen LogP contribution >= 0.6 is 0 Å². The second-order valence-corrected chi connectivity index (χ2v) is 6.52. The summed E-state index contributed by atoms with van der Waals surface area (Å²) < 4.78 is 11.9. The van der Waals surface area contributed by atoms with Crippen molar-refractivity contribution in [2.45, 2.75) is 51.6 Å². The normalized spacial score (nSPS) is 20.8. The largest absolute Gasteiger partial charge is 0.458 e. The SMILES string of the molecule is CC1(C)OB(CC/C=C(/CO)c2ccccc2)OC1(C)C. The molecular weight excluding hydrogens is 263 g/mol. The molecule has 1 aliphatic heterocycles. The van der Waals surface area contributed by atoms with E-state index in [4.69, 9.17) is 9.31 Å². The Bertz CT molecular complexity index is 478. The number of benzene rings is 1. The van der Waals surface area contributed by atoms with E-state index in [1.807, 2.05) is 30.3 Å². The molecule has 114 valence electrons. The van der Waals surface area contributed by atoms with Crippen molar-refractivity contribution < 1.29 is 14.4 Å². The van der Waals surface area contributed by atoms with Gasteiger partial charge in [0.05, 0.1) is 17.8 Å². The molecule has 1 heterocycles. The molecule has 1 aliphatic rings. The van der Waals surface area contributed by atoms with Crippen LogP contribution in [0.3, 0.4) is 0 Å². The van der Waals surface area contributed by atoms with Gasteiger partial charge in [-0.15, -0.1) is 0 Å². The summed E-state index contributed by atoms with van der Waals surface area (Å²) in [6, 6.07) is 9.96. The molecule has 3 nitrogen and oxygen atoms in total. The maximum Gasteiger partial charge on any atom is 0.458 e. The fourth-order valence-electron chi connectivity index (χ4n) is 2.40. The third-order valence-corrected chi connectivity index (χ3v) is 4.41. The summed E-state index contributed by atoms with van der Waals surface area (Å²) in [5.41, 5.74) is 1.46. The van der Waals surface area contributed by atoms with Crippen molar-refractivity contribution in [1.82, 2.24) is 0 Å². The molecule has 2 rings (SSSR count). The molecule has 1 fully saturated rings. The molecule has 0 aliphatic carbocycles. The first kappa shape index (κ1) is 16.3. The van der Waals surface area contributed by atoms with Crippen LogP contribution in [0.15, 0.2) is 36.4 Å². The molecule has 0 amide bonds. The Labute approximate surface area is 128 Å². The van der Waals surface area contributed by atoms with Crippen LogP contribution in [0.1, 0.15) is 39.7 Å². The van der Waals surface area contributed by atoms with Crippen LogP contribution in [-0.4, -0.2) is 30.0 Å². The Hall–Kier alpha value is -1.10. The molecular formula is C17H25BO3. The number of aliphatic hydroxyl groups excluding tert-OH is 1. The Kier molecular flexibility index (Phi) is 4.92. The first-order valence-electron chi connectivity index (χ1n) is 7.57. The third-order valence-electron chi connectivity index (χ3n) is 4.41. The van der Waals surface area contributed by atoms with E-state index in [2.05, 4.69) is 33.8 Å². The fraction of sp³-hybridized carbons (Fsp3) is 0.529. The lowest BCUT2D eigenvalue weighted by Gasteiger charge is -2.32. The molecule has 1 aromatic carbocycles. The Morgan fingerprint density at radius 1 is 1.10 bits per heavy atom. The van der Waals surface area contributed by atoms with Crippen molar-refractivity contribution in [2.24, 2.45) is 0 Å². The van der Waals surface area contributed by atoms with Crippen LogP contribution in [-0.2, 0) is 9.31 Å². The van der Waals surface area contributed by atoms with Gasteiger partial charge in [0.2, 0.25) is 0 Å². The van der Waals surface area contributed by atoms with E-state index in [-0.39, 0.29) is 24.9 Å². The van der Waals surface area contributed by atoms with Gasteiger partial charge in [0, 0.05) is 0 Å². The average molecular weight is 288 g/mol. The van der Waals surface area contributed by atoms with Crippen LogP contribution in [0, 0.1) is 0 Å². The van der Waals surface area contributed by atoms with Crippen molar-refractivity contribution in [1.29, 1.82) is 0 Å².